The summed E-state index contributed by atoms with van der Waals surface area (Å²) in [6, 6.07) is 11.2. The molecule has 0 unspecified atom stereocenters. The van der Waals surface area contributed by atoms with E-state index in [9.17, 15) is 9.90 Å². The Morgan fingerprint density at radius 1 is 1.22 bits per heavy atom. The summed E-state index contributed by atoms with van der Waals surface area (Å²) in [6.07, 6.45) is 8.39. The van der Waals surface area contributed by atoms with E-state index in [0.717, 1.165) is 80.7 Å². The SMILES string of the molecule is O=C(O)[C@H](CCO[C@@H]1CCCN(CCCc2ccc3c(n2)NCCC3)C1)Nc1ncnc2ccccc12. The van der Waals surface area contributed by atoms with Crippen LogP contribution in [0.15, 0.2) is 42.7 Å². The zero-order valence-corrected chi connectivity index (χ0v) is 21.2. The summed E-state index contributed by atoms with van der Waals surface area (Å²) in [5.41, 5.74) is 3.26. The molecule has 4 heterocycles. The highest BCUT2D eigenvalue weighted by atomic mass is 16.5. The number of aromatic nitrogens is 3. The number of rotatable bonds is 11. The molecule has 1 saturated heterocycles. The van der Waals surface area contributed by atoms with E-state index in [0.29, 0.717) is 18.8 Å². The van der Waals surface area contributed by atoms with Crippen LogP contribution in [0, 0.1) is 0 Å². The number of aryl methyl sites for hydroxylation is 2. The van der Waals surface area contributed by atoms with Crippen LogP contribution < -0.4 is 10.6 Å². The molecule has 9 heteroatoms. The molecule has 196 valence electrons. The second-order valence-corrected chi connectivity index (χ2v) is 9.94. The average Bonchev–Trinajstić information content (AvgIpc) is 2.93. The number of nitrogens with one attached hydrogen (secondary N) is 2. The second kappa shape index (κ2) is 12.3. The summed E-state index contributed by atoms with van der Waals surface area (Å²) in [6.45, 7) is 4.39. The van der Waals surface area contributed by atoms with Crippen molar-refractivity contribution in [2.45, 2.75) is 57.1 Å². The third kappa shape index (κ3) is 6.72. The maximum atomic E-state index is 11.9. The molecule has 2 aromatic heterocycles. The maximum Gasteiger partial charge on any atom is 0.326 e. The van der Waals surface area contributed by atoms with Crippen LogP contribution in [0.5, 0.6) is 0 Å². The number of benzene rings is 1. The van der Waals surface area contributed by atoms with Gasteiger partial charge < -0.3 is 25.4 Å². The van der Waals surface area contributed by atoms with Crippen molar-refractivity contribution < 1.29 is 14.6 Å². The van der Waals surface area contributed by atoms with Crippen molar-refractivity contribution in [3.63, 3.8) is 0 Å². The molecule has 0 saturated carbocycles. The molecule has 0 bridgehead atoms. The molecule has 2 aliphatic rings. The number of likely N-dealkylation sites (tertiary alicyclic amines) is 1. The van der Waals surface area contributed by atoms with Gasteiger partial charge in [0.2, 0.25) is 0 Å². The first-order chi connectivity index (χ1) is 18.2. The van der Waals surface area contributed by atoms with Gasteiger partial charge in [-0.1, -0.05) is 18.2 Å². The predicted octanol–water partition coefficient (Wildman–Crippen LogP) is 3.75. The Hall–Kier alpha value is -3.30. The number of carboxylic acid groups (broad SMARTS) is 1. The lowest BCUT2D eigenvalue weighted by Gasteiger charge is -2.32. The summed E-state index contributed by atoms with van der Waals surface area (Å²) in [5, 5.41) is 17.1. The van der Waals surface area contributed by atoms with Crippen molar-refractivity contribution in [3.8, 4) is 0 Å². The Morgan fingerprint density at radius 3 is 3.05 bits per heavy atom. The first-order valence-electron chi connectivity index (χ1n) is 13.4. The minimum Gasteiger partial charge on any atom is -0.480 e. The zero-order valence-electron chi connectivity index (χ0n) is 21.2. The average molecular weight is 505 g/mol. The molecular weight excluding hydrogens is 468 g/mol. The Labute approximate surface area is 217 Å². The molecule has 37 heavy (non-hydrogen) atoms. The van der Waals surface area contributed by atoms with Gasteiger partial charge in [-0.15, -0.1) is 0 Å². The number of piperidine rings is 1. The van der Waals surface area contributed by atoms with Crippen molar-refractivity contribution in [1.29, 1.82) is 0 Å². The largest absolute Gasteiger partial charge is 0.480 e. The van der Waals surface area contributed by atoms with E-state index in [-0.39, 0.29) is 6.10 Å². The van der Waals surface area contributed by atoms with Crippen LogP contribution in [0.3, 0.4) is 0 Å². The Balaban J connectivity index is 1.06. The first kappa shape index (κ1) is 25.4. The highest BCUT2D eigenvalue weighted by Crippen LogP contribution is 2.22. The van der Waals surface area contributed by atoms with Crippen LogP contribution in [0.2, 0.25) is 0 Å². The monoisotopic (exact) mass is 504 g/mol. The minimum absolute atomic E-state index is 0.133. The van der Waals surface area contributed by atoms with E-state index in [4.69, 9.17) is 9.72 Å². The van der Waals surface area contributed by atoms with Crippen LogP contribution >= 0.6 is 0 Å². The molecule has 2 aliphatic heterocycles. The highest BCUT2D eigenvalue weighted by molar-refractivity contribution is 5.90. The van der Waals surface area contributed by atoms with Crippen molar-refractivity contribution in [1.82, 2.24) is 19.9 Å². The van der Waals surface area contributed by atoms with Gasteiger partial charge in [-0.3, -0.25) is 0 Å². The summed E-state index contributed by atoms with van der Waals surface area (Å²) in [4.78, 5) is 27.7. The number of carboxylic acids is 1. The van der Waals surface area contributed by atoms with Crippen LogP contribution in [-0.4, -0.2) is 75.9 Å². The van der Waals surface area contributed by atoms with Gasteiger partial charge >= 0.3 is 5.97 Å². The van der Waals surface area contributed by atoms with Gasteiger partial charge in [0.05, 0.1) is 11.6 Å². The minimum atomic E-state index is -0.914. The second-order valence-electron chi connectivity index (χ2n) is 9.94. The van der Waals surface area contributed by atoms with Crippen LogP contribution in [0.4, 0.5) is 11.6 Å². The Morgan fingerprint density at radius 2 is 2.14 bits per heavy atom. The van der Waals surface area contributed by atoms with Gasteiger partial charge in [-0.05, 0) is 75.4 Å². The van der Waals surface area contributed by atoms with Crippen molar-refractivity contribution in [3.05, 3.63) is 54.0 Å². The standard InChI is InChI=1S/C28H36N6O3/c35-28(36)25(33-27-23-9-1-2-10-24(23)30-19-31-27)13-17-37-22-8-5-16-34(18-22)15-4-7-21-12-11-20-6-3-14-29-26(20)32-21/h1-2,9-12,19,22,25H,3-8,13-18H2,(H,29,32)(H,35,36)(H,30,31,33)/t22-,25+/m1/s1. The normalized spacial score (nSPS) is 18.6. The molecule has 9 nitrogen and oxygen atoms in total. The van der Waals surface area contributed by atoms with Gasteiger partial charge in [-0.25, -0.2) is 19.7 Å². The fourth-order valence-electron chi connectivity index (χ4n) is 5.24. The van der Waals surface area contributed by atoms with Crippen molar-refractivity contribution in [2.24, 2.45) is 0 Å². The molecule has 5 rings (SSSR count). The quantitative estimate of drug-likeness (QED) is 0.359. The fourth-order valence-corrected chi connectivity index (χ4v) is 5.24. The molecule has 1 aromatic carbocycles. The number of nitrogens with zero attached hydrogens (tertiary/aromatic N) is 4. The van der Waals surface area contributed by atoms with E-state index < -0.39 is 12.0 Å². The van der Waals surface area contributed by atoms with Gasteiger partial charge in [0.1, 0.15) is 24.0 Å². The molecule has 0 radical (unpaired) electrons. The van der Waals surface area contributed by atoms with Gasteiger partial charge in [0, 0.05) is 37.2 Å². The van der Waals surface area contributed by atoms with Crippen molar-refractivity contribution in [2.75, 3.05) is 43.4 Å². The highest BCUT2D eigenvalue weighted by Gasteiger charge is 2.23. The number of aliphatic carboxylic acids is 1. The summed E-state index contributed by atoms with van der Waals surface area (Å²) in [5.74, 6) is 0.686. The molecule has 3 N–H and O–H groups in total. The maximum absolute atomic E-state index is 11.9. The predicted molar refractivity (Wildman–Crippen MR) is 144 cm³/mol. The number of anilines is 2. The molecule has 0 amide bonds. The van der Waals surface area contributed by atoms with Crippen molar-refractivity contribution >= 4 is 28.5 Å². The molecule has 3 aromatic rings. The van der Waals surface area contributed by atoms with E-state index in [1.54, 1.807) is 0 Å². The topological polar surface area (TPSA) is 112 Å². The molecule has 1 fully saturated rings. The van der Waals surface area contributed by atoms with Gasteiger partial charge in [0.15, 0.2) is 0 Å². The number of fused-ring (bicyclic) bond motifs is 2. The fraction of sp³-hybridized carbons (Fsp3) is 0.500. The van der Waals surface area contributed by atoms with E-state index >= 15 is 0 Å². The van der Waals surface area contributed by atoms with E-state index in [1.165, 1.54) is 18.3 Å². The van der Waals surface area contributed by atoms with E-state index in [2.05, 4.69) is 37.6 Å². The summed E-state index contributed by atoms with van der Waals surface area (Å²) >= 11 is 0. The van der Waals surface area contributed by atoms with Crippen LogP contribution in [0.25, 0.3) is 10.9 Å². The van der Waals surface area contributed by atoms with Gasteiger partial charge in [-0.2, -0.15) is 0 Å². The number of para-hydroxylation sites is 1. The third-order valence-corrected chi connectivity index (χ3v) is 7.23. The Kier molecular flexibility index (Phi) is 8.42. The first-order valence-corrected chi connectivity index (χ1v) is 13.4. The summed E-state index contributed by atoms with van der Waals surface area (Å²) < 4.78 is 6.15. The number of carbonyl (C=O) groups is 1. The molecule has 0 aliphatic carbocycles. The number of pyridine rings is 1. The lowest BCUT2D eigenvalue weighted by molar-refractivity contribution is -0.138. The molecule has 2 atom stereocenters. The number of hydrogen-bond acceptors (Lipinski definition) is 8. The summed E-state index contributed by atoms with van der Waals surface area (Å²) in [7, 11) is 0. The smallest absolute Gasteiger partial charge is 0.326 e. The molecular formula is C28H36N6O3. The Bertz CT molecular complexity index is 1200. The third-order valence-electron chi connectivity index (χ3n) is 7.23. The lowest BCUT2D eigenvalue weighted by atomic mass is 10.1. The van der Waals surface area contributed by atoms with E-state index in [1.807, 2.05) is 24.3 Å². The molecule has 0 spiro atoms. The zero-order chi connectivity index (χ0) is 25.5. The van der Waals surface area contributed by atoms with Gasteiger partial charge in [0.25, 0.3) is 0 Å². The van der Waals surface area contributed by atoms with Crippen LogP contribution in [-0.2, 0) is 22.4 Å². The number of hydrogen-bond donors (Lipinski definition) is 3. The number of ether oxygens (including phenoxy) is 1. The lowest BCUT2D eigenvalue weighted by Crippen LogP contribution is -2.41. The van der Waals surface area contributed by atoms with Crippen LogP contribution in [0.1, 0.15) is 43.4 Å².